The highest BCUT2D eigenvalue weighted by molar-refractivity contribution is 8.20. The molecule has 1 saturated heterocycles. The Bertz CT molecular complexity index is 1380. The van der Waals surface area contributed by atoms with Crippen molar-refractivity contribution in [2.24, 2.45) is 4.99 Å². The zero-order valence-electron chi connectivity index (χ0n) is 19.7. The predicted molar refractivity (Wildman–Crippen MR) is 144 cm³/mol. The summed E-state index contributed by atoms with van der Waals surface area (Å²) in [5, 5.41) is 1.56. The quantitative estimate of drug-likeness (QED) is 0.380. The first kappa shape index (κ1) is 22.6. The van der Waals surface area contributed by atoms with E-state index in [0.29, 0.717) is 10.1 Å². The van der Waals surface area contributed by atoms with Crippen LogP contribution in [0.3, 0.4) is 0 Å². The zero-order valence-corrected chi connectivity index (χ0v) is 21.4. The molecule has 0 radical (unpaired) electrons. The third-order valence-corrected chi connectivity index (χ3v) is 8.38. The molecule has 3 aromatic rings. The Labute approximate surface area is 208 Å². The van der Waals surface area contributed by atoms with Gasteiger partial charge in [0, 0.05) is 18.0 Å². The van der Waals surface area contributed by atoms with E-state index in [0.717, 1.165) is 38.3 Å². The maximum Gasteiger partial charge on any atom is 0.274 e. The van der Waals surface area contributed by atoms with Crippen LogP contribution < -0.4 is 14.5 Å². The smallest absolute Gasteiger partial charge is 0.274 e. The summed E-state index contributed by atoms with van der Waals surface area (Å²) >= 11 is 3.03. The topological polar surface area (TPSA) is 45.1 Å². The number of benzene rings is 3. The monoisotopic (exact) mass is 487 g/mol. The molecule has 5 nitrogen and oxygen atoms in total. The van der Waals surface area contributed by atoms with E-state index in [9.17, 15) is 4.79 Å². The summed E-state index contributed by atoms with van der Waals surface area (Å²) in [5.74, 6) is 0.730. The minimum Gasteiger partial charge on any atom is -0.497 e. The van der Waals surface area contributed by atoms with Crippen molar-refractivity contribution in [1.29, 1.82) is 0 Å². The molecular weight excluding hydrogens is 462 g/mol. The van der Waals surface area contributed by atoms with E-state index < -0.39 is 0 Å². The van der Waals surface area contributed by atoms with Crippen LogP contribution in [0, 0.1) is 20.8 Å². The van der Waals surface area contributed by atoms with Crippen molar-refractivity contribution in [3.8, 4) is 5.75 Å². The number of ether oxygens (including phenoxy) is 1. The van der Waals surface area contributed by atoms with E-state index in [2.05, 4.69) is 30.9 Å². The highest BCUT2D eigenvalue weighted by Crippen LogP contribution is 2.51. The molecule has 0 N–H and O–H groups in total. The number of methoxy groups -OCH3 is 1. The number of rotatable bonds is 3. The lowest BCUT2D eigenvalue weighted by Gasteiger charge is -2.17. The van der Waals surface area contributed by atoms with Crippen molar-refractivity contribution in [2.45, 2.75) is 25.7 Å². The summed E-state index contributed by atoms with van der Waals surface area (Å²) in [4.78, 5) is 24.3. The fourth-order valence-corrected chi connectivity index (χ4v) is 6.26. The Hall–Kier alpha value is -3.16. The van der Waals surface area contributed by atoms with Gasteiger partial charge in [0.05, 0.1) is 29.2 Å². The number of aryl methyl sites for hydroxylation is 3. The Kier molecular flexibility index (Phi) is 5.91. The molecule has 0 unspecified atom stereocenters. The summed E-state index contributed by atoms with van der Waals surface area (Å²) in [6, 6.07) is 20.1. The molecule has 172 valence electrons. The van der Waals surface area contributed by atoms with Gasteiger partial charge in [-0.05, 0) is 85.6 Å². The SMILES string of the molecule is COc1ccc2c(c1)N(C)C(=C1SC(=Nc3ccc(C)c(C)c3)N(c3cccc(C)c3)C1=O)S2. The molecule has 2 aliphatic heterocycles. The van der Waals surface area contributed by atoms with Gasteiger partial charge in [0.1, 0.15) is 10.7 Å². The largest absolute Gasteiger partial charge is 0.497 e. The highest BCUT2D eigenvalue weighted by Gasteiger charge is 2.40. The summed E-state index contributed by atoms with van der Waals surface area (Å²) < 4.78 is 5.41. The first-order valence-electron chi connectivity index (χ1n) is 10.9. The van der Waals surface area contributed by atoms with Crippen LogP contribution in [0.5, 0.6) is 5.75 Å². The van der Waals surface area contributed by atoms with Crippen LogP contribution in [-0.2, 0) is 4.79 Å². The van der Waals surface area contributed by atoms with Gasteiger partial charge in [-0.1, -0.05) is 30.0 Å². The number of hydrogen-bond acceptors (Lipinski definition) is 6. The molecular formula is C27H25N3O2S2. The number of anilines is 2. The lowest BCUT2D eigenvalue weighted by atomic mass is 10.1. The first-order chi connectivity index (χ1) is 16.4. The molecule has 7 heteroatoms. The molecule has 0 aromatic heterocycles. The highest BCUT2D eigenvalue weighted by atomic mass is 32.2. The van der Waals surface area contributed by atoms with Crippen LogP contribution in [0.2, 0.25) is 0 Å². The van der Waals surface area contributed by atoms with E-state index in [4.69, 9.17) is 9.73 Å². The van der Waals surface area contributed by atoms with Crippen molar-refractivity contribution in [1.82, 2.24) is 0 Å². The van der Waals surface area contributed by atoms with E-state index >= 15 is 0 Å². The second-order valence-corrected chi connectivity index (χ2v) is 10.4. The Morgan fingerprint density at radius 1 is 0.912 bits per heavy atom. The molecule has 0 bridgehead atoms. The molecule has 1 amide bonds. The summed E-state index contributed by atoms with van der Waals surface area (Å²) in [6.07, 6.45) is 0. The van der Waals surface area contributed by atoms with E-state index in [1.54, 1.807) is 23.8 Å². The van der Waals surface area contributed by atoms with Crippen LogP contribution in [0.1, 0.15) is 16.7 Å². The van der Waals surface area contributed by atoms with Crippen molar-refractivity contribution >= 4 is 51.7 Å². The molecule has 5 rings (SSSR count). The average molecular weight is 488 g/mol. The summed E-state index contributed by atoms with van der Waals surface area (Å²) in [7, 11) is 3.65. The minimum absolute atomic E-state index is 0.0627. The molecule has 0 saturated carbocycles. The van der Waals surface area contributed by atoms with Gasteiger partial charge < -0.3 is 9.64 Å². The average Bonchev–Trinajstić information content (AvgIpc) is 3.32. The van der Waals surface area contributed by atoms with Crippen LogP contribution in [0.25, 0.3) is 0 Å². The molecule has 1 fully saturated rings. The number of aliphatic imine (C=N–C) groups is 1. The number of thioether (sulfide) groups is 2. The van der Waals surface area contributed by atoms with Gasteiger partial charge in [0.15, 0.2) is 5.17 Å². The molecule has 0 atom stereocenters. The van der Waals surface area contributed by atoms with E-state index in [-0.39, 0.29) is 5.91 Å². The van der Waals surface area contributed by atoms with E-state index in [1.807, 2.05) is 62.5 Å². The number of amidine groups is 1. The van der Waals surface area contributed by atoms with Crippen molar-refractivity contribution in [2.75, 3.05) is 24.0 Å². The van der Waals surface area contributed by atoms with Crippen LogP contribution in [0.15, 0.2) is 80.5 Å². The third kappa shape index (κ3) is 3.99. The number of fused-ring (bicyclic) bond motifs is 1. The summed E-state index contributed by atoms with van der Waals surface area (Å²) in [6.45, 7) is 6.19. The van der Waals surface area contributed by atoms with Crippen molar-refractivity contribution < 1.29 is 9.53 Å². The summed E-state index contributed by atoms with van der Waals surface area (Å²) in [5.41, 5.74) is 6.17. The molecule has 0 spiro atoms. The van der Waals surface area contributed by atoms with Gasteiger partial charge in [0.2, 0.25) is 0 Å². The van der Waals surface area contributed by atoms with Gasteiger partial charge in [-0.3, -0.25) is 9.69 Å². The molecule has 34 heavy (non-hydrogen) atoms. The molecule has 3 aromatic carbocycles. The molecule has 0 aliphatic carbocycles. The van der Waals surface area contributed by atoms with Crippen LogP contribution in [-0.4, -0.2) is 25.2 Å². The fraction of sp³-hybridized carbons (Fsp3) is 0.185. The number of carbonyl (C=O) groups excluding carboxylic acids is 1. The van der Waals surface area contributed by atoms with Gasteiger partial charge in [0.25, 0.3) is 5.91 Å². The normalized spacial score (nSPS) is 18.7. The van der Waals surface area contributed by atoms with Gasteiger partial charge >= 0.3 is 0 Å². The van der Waals surface area contributed by atoms with Gasteiger partial charge in [-0.15, -0.1) is 0 Å². The predicted octanol–water partition coefficient (Wildman–Crippen LogP) is 6.80. The Balaban J connectivity index is 1.61. The maximum atomic E-state index is 13.8. The number of amides is 1. The van der Waals surface area contributed by atoms with Crippen LogP contribution >= 0.6 is 23.5 Å². The molecule has 2 aliphatic rings. The van der Waals surface area contributed by atoms with Gasteiger partial charge in [-0.25, -0.2) is 4.99 Å². The van der Waals surface area contributed by atoms with E-state index in [1.165, 1.54) is 22.9 Å². The number of carbonyl (C=O) groups is 1. The third-order valence-electron chi connectivity index (χ3n) is 5.99. The standard InChI is InChI=1S/C27H25N3O2S2/c1-16-7-6-8-20(13-16)30-25(31)24(34-27(30)28-19-10-9-17(2)18(3)14-19)26-29(4)22-15-21(32-5)11-12-23(22)33-26/h6-15H,1-5H3. The maximum absolute atomic E-state index is 13.8. The zero-order chi connectivity index (χ0) is 24.0. The Morgan fingerprint density at radius 2 is 1.74 bits per heavy atom. The second-order valence-electron chi connectivity index (χ2n) is 8.37. The lowest BCUT2D eigenvalue weighted by molar-refractivity contribution is -0.113. The lowest BCUT2D eigenvalue weighted by Crippen LogP contribution is -2.29. The fourth-order valence-electron chi connectivity index (χ4n) is 3.93. The number of hydrogen-bond donors (Lipinski definition) is 0. The van der Waals surface area contributed by atoms with Crippen molar-refractivity contribution in [3.05, 3.63) is 87.3 Å². The van der Waals surface area contributed by atoms with Crippen molar-refractivity contribution in [3.63, 3.8) is 0 Å². The molecule has 2 heterocycles. The Morgan fingerprint density at radius 3 is 2.47 bits per heavy atom. The first-order valence-corrected chi connectivity index (χ1v) is 12.6. The minimum atomic E-state index is -0.0627. The second kappa shape index (κ2) is 8.89. The van der Waals surface area contributed by atoms with Gasteiger partial charge in [-0.2, -0.15) is 0 Å². The number of nitrogens with zero attached hydrogens (tertiary/aromatic N) is 3. The van der Waals surface area contributed by atoms with Crippen LogP contribution in [0.4, 0.5) is 17.1 Å².